The quantitative estimate of drug-likeness (QED) is 0.116. The molecule has 0 saturated heterocycles. The molecular formula is C63H75CoN12O6. The number of benzene rings is 6. The van der Waals surface area contributed by atoms with E-state index in [1.165, 1.54) is 30.7 Å². The first-order valence-corrected chi connectivity index (χ1v) is 26.0. The van der Waals surface area contributed by atoms with Gasteiger partial charge in [0.15, 0.2) is 0 Å². The van der Waals surface area contributed by atoms with Gasteiger partial charge in [0.2, 0.25) is 0 Å². The monoisotopic (exact) mass is 1150 g/mol. The van der Waals surface area contributed by atoms with Crippen LogP contribution in [-0.4, -0.2) is 66.0 Å². The molecule has 0 aliphatic rings. The Morgan fingerprint density at radius 3 is 0.695 bits per heavy atom. The average molecular weight is 1160 g/mol. The number of aliphatic hydroxyl groups excluding tert-OH is 3. The maximum Gasteiger partial charge on any atom is 3.00 e. The van der Waals surface area contributed by atoms with Crippen molar-refractivity contribution in [3.63, 3.8) is 0 Å². The summed E-state index contributed by atoms with van der Waals surface area (Å²) in [6.07, 6.45) is 0. The zero-order valence-corrected chi connectivity index (χ0v) is 50.4. The Balaban J connectivity index is 0.000000306. The summed E-state index contributed by atoms with van der Waals surface area (Å²) < 4.78 is 4.06. The maximum absolute atomic E-state index is 12.5. The van der Waals surface area contributed by atoms with Crippen molar-refractivity contribution >= 4 is 34.1 Å². The van der Waals surface area contributed by atoms with Crippen LogP contribution in [0.4, 0.5) is 34.1 Å². The molecule has 3 aromatic heterocycles. The van der Waals surface area contributed by atoms with Gasteiger partial charge in [0.1, 0.15) is 17.1 Å². The van der Waals surface area contributed by atoms with Crippen LogP contribution in [0.5, 0.6) is 17.6 Å². The number of nitrogens with zero attached hydrogens (tertiary/aromatic N) is 12. The molecule has 82 heavy (non-hydrogen) atoms. The largest absolute Gasteiger partial charge is 3.00 e. The first kappa shape index (κ1) is 67.8. The molecule has 0 spiro atoms. The molecule has 9 rings (SSSR count). The van der Waals surface area contributed by atoms with Gasteiger partial charge in [-0.1, -0.05) is 153 Å². The van der Waals surface area contributed by atoms with Crippen LogP contribution in [-0.2, 0) is 33.0 Å². The van der Waals surface area contributed by atoms with E-state index in [2.05, 4.69) is 108 Å². The summed E-state index contributed by atoms with van der Waals surface area (Å²) in [5.74, 6) is -0.795. The molecule has 9 aromatic rings. The number of aromatic nitrogens is 6. The zero-order valence-electron chi connectivity index (χ0n) is 49.4. The maximum atomic E-state index is 12.5. The van der Waals surface area contributed by atoms with Gasteiger partial charge in [-0.2, -0.15) is 30.6 Å². The van der Waals surface area contributed by atoms with E-state index in [1.54, 1.807) is 20.8 Å². The van der Waals surface area contributed by atoms with Gasteiger partial charge in [-0.15, -0.1) is 15.3 Å². The average Bonchev–Trinajstić information content (AvgIpc) is 4.21. The predicted octanol–water partition coefficient (Wildman–Crippen LogP) is 13.7. The standard InChI is InChI=1S/3C20H22N4O.3CH4O.Co/c3*1-14-18(19(25)24(23-14)17-8-6-5-7-9-17)22-21-16-12-10-15(11-13-16)20(2,3)4;3*1-2;/h3*5-13,25H,1-4H3;3*2H,1H3;/q;;;;;;+3/p-3. The van der Waals surface area contributed by atoms with Crippen molar-refractivity contribution in [2.75, 3.05) is 21.3 Å². The number of hydrogen-bond acceptors (Lipinski definition) is 15. The van der Waals surface area contributed by atoms with Gasteiger partial charge in [-0.25, -0.2) is 14.0 Å². The van der Waals surface area contributed by atoms with E-state index in [1.807, 2.05) is 164 Å². The number of para-hydroxylation sites is 3. The second-order valence-corrected chi connectivity index (χ2v) is 21.0. The normalized spacial score (nSPS) is 11.2. The third kappa shape index (κ3) is 18.5. The topological polar surface area (TPSA) is 257 Å². The third-order valence-electron chi connectivity index (χ3n) is 12.0. The Morgan fingerprint density at radius 2 is 0.512 bits per heavy atom. The molecule has 3 heterocycles. The Morgan fingerprint density at radius 1 is 0.317 bits per heavy atom. The van der Waals surface area contributed by atoms with Gasteiger partial charge in [-0.3, -0.25) is 0 Å². The summed E-state index contributed by atoms with van der Waals surface area (Å²) >= 11 is 0. The van der Waals surface area contributed by atoms with E-state index >= 15 is 0 Å². The van der Waals surface area contributed by atoms with Crippen molar-refractivity contribution in [2.24, 2.45) is 30.7 Å². The van der Waals surface area contributed by atoms with Crippen molar-refractivity contribution < 1.29 is 47.4 Å². The molecule has 0 bridgehead atoms. The molecule has 6 aromatic carbocycles. The minimum absolute atomic E-state index is 0. The van der Waals surface area contributed by atoms with E-state index in [9.17, 15) is 15.3 Å². The van der Waals surface area contributed by atoms with E-state index < -0.39 is 0 Å². The fourth-order valence-corrected chi connectivity index (χ4v) is 7.48. The van der Waals surface area contributed by atoms with Crippen molar-refractivity contribution in [1.29, 1.82) is 0 Å². The van der Waals surface area contributed by atoms with E-state index in [0.29, 0.717) is 51.2 Å². The summed E-state index contributed by atoms with van der Waals surface area (Å²) in [6, 6.07) is 51.5. The molecule has 0 atom stereocenters. The molecular weight excluding hydrogens is 1080 g/mol. The number of aliphatic hydroxyl groups is 3. The molecule has 0 saturated carbocycles. The Bertz CT molecular complexity index is 3050. The summed E-state index contributed by atoms with van der Waals surface area (Å²) in [4.78, 5) is 0. The molecule has 0 radical (unpaired) electrons. The molecule has 0 amide bonds. The fourth-order valence-electron chi connectivity index (χ4n) is 7.48. The molecule has 3 N–H and O–H groups in total. The van der Waals surface area contributed by atoms with Gasteiger partial charge in [-0.05, 0) is 127 Å². The molecule has 432 valence electrons. The van der Waals surface area contributed by atoms with Crippen LogP contribution in [0.25, 0.3) is 17.1 Å². The van der Waals surface area contributed by atoms with E-state index in [-0.39, 0.29) is 67.7 Å². The fraction of sp³-hybridized carbons (Fsp3) is 0.286. The molecule has 19 heteroatoms. The van der Waals surface area contributed by atoms with Gasteiger partial charge >= 0.3 is 16.8 Å². The van der Waals surface area contributed by atoms with Crippen LogP contribution in [0, 0.1) is 20.8 Å². The number of hydrogen-bond donors (Lipinski definition) is 3. The second kappa shape index (κ2) is 31.5. The summed E-state index contributed by atoms with van der Waals surface area (Å²) in [6.45, 7) is 24.7. The van der Waals surface area contributed by atoms with Crippen molar-refractivity contribution in [3.05, 3.63) is 198 Å². The van der Waals surface area contributed by atoms with Crippen LogP contribution in [0.15, 0.2) is 194 Å². The predicted molar refractivity (Wildman–Crippen MR) is 316 cm³/mol. The molecule has 18 nitrogen and oxygen atoms in total. The van der Waals surface area contributed by atoms with Crippen molar-refractivity contribution in [2.45, 2.75) is 99.3 Å². The minimum Gasteiger partial charge on any atom is -0.857 e. The van der Waals surface area contributed by atoms with Gasteiger partial charge < -0.3 is 30.6 Å². The van der Waals surface area contributed by atoms with Gasteiger partial charge in [0.25, 0.3) is 0 Å². The van der Waals surface area contributed by atoms with Crippen LogP contribution in [0.1, 0.15) is 96.1 Å². The summed E-state index contributed by atoms with van der Waals surface area (Å²) in [5, 5.41) is 96.5. The van der Waals surface area contributed by atoms with Crippen molar-refractivity contribution in [1.82, 2.24) is 29.3 Å². The Kier molecular flexibility index (Phi) is 26.1. The molecule has 0 aliphatic carbocycles. The minimum atomic E-state index is -0.265. The number of aryl methyl sites for hydroxylation is 3. The Hall–Kier alpha value is -8.46. The second-order valence-electron chi connectivity index (χ2n) is 21.0. The van der Waals surface area contributed by atoms with Gasteiger partial charge in [0.05, 0.1) is 51.2 Å². The molecule has 0 fully saturated rings. The van der Waals surface area contributed by atoms with Crippen LogP contribution >= 0.6 is 0 Å². The summed E-state index contributed by atoms with van der Waals surface area (Å²) in [7, 11) is 3.00. The zero-order chi connectivity index (χ0) is 60.1. The van der Waals surface area contributed by atoms with E-state index in [0.717, 1.165) is 21.3 Å². The van der Waals surface area contributed by atoms with Gasteiger partial charge in [0, 0.05) is 39.0 Å². The summed E-state index contributed by atoms with van der Waals surface area (Å²) in [5.41, 5.74) is 10.7. The third-order valence-corrected chi connectivity index (χ3v) is 12.0. The van der Waals surface area contributed by atoms with Crippen molar-refractivity contribution in [3.8, 4) is 34.7 Å². The molecule has 0 aliphatic heterocycles. The van der Waals surface area contributed by atoms with Crippen LogP contribution in [0.3, 0.4) is 0 Å². The van der Waals surface area contributed by atoms with Crippen LogP contribution < -0.4 is 15.3 Å². The Labute approximate surface area is 492 Å². The first-order chi connectivity index (χ1) is 38.6. The smallest absolute Gasteiger partial charge is 0.857 e. The van der Waals surface area contributed by atoms with Crippen LogP contribution in [0.2, 0.25) is 0 Å². The first-order valence-electron chi connectivity index (χ1n) is 26.0. The number of azo groups is 3. The number of rotatable bonds is 9. The molecule has 0 unspecified atom stereocenters. The SMILES string of the molecule is CO.CO.CO.Cc1nn(-c2ccccc2)c([O-])c1N=Nc1ccc(C(C)(C)C)cc1.Cc1nn(-c2ccccc2)c([O-])c1N=Nc1ccc(C(C)(C)C)cc1.Cc1nn(-c2ccccc2)c([O-])c1N=Nc1ccc(C(C)(C)C)cc1.[Co+3]. The van der Waals surface area contributed by atoms with E-state index in [4.69, 9.17) is 15.3 Å².